The molecule has 0 aliphatic carbocycles. The largest absolute Gasteiger partial charge is 0.466 e. The molecule has 0 aromatic carbocycles. The highest BCUT2D eigenvalue weighted by Gasteiger charge is 2.09. The molecular weight excluding hydrogens is 116 g/mol. The standard InChI is InChI=1S/C7H14O2/c1-4-6(3)7(8)9-5-2/h6H,4-5H2,1-3H3/t6-/m0/s1. The van der Waals surface area contributed by atoms with Crippen LogP contribution in [0.15, 0.2) is 0 Å². The third-order valence-electron chi connectivity index (χ3n) is 1.30. The van der Waals surface area contributed by atoms with Gasteiger partial charge in [-0.3, -0.25) is 4.79 Å². The van der Waals surface area contributed by atoms with Gasteiger partial charge < -0.3 is 4.74 Å². The molecule has 0 aromatic heterocycles. The molecule has 0 N–H and O–H groups in total. The van der Waals surface area contributed by atoms with Crippen LogP contribution in [0.4, 0.5) is 0 Å². The van der Waals surface area contributed by atoms with Gasteiger partial charge in [-0.15, -0.1) is 0 Å². The molecule has 2 nitrogen and oxygen atoms in total. The summed E-state index contributed by atoms with van der Waals surface area (Å²) in [6.45, 7) is 6.16. The van der Waals surface area contributed by atoms with Crippen LogP contribution in [0.1, 0.15) is 27.2 Å². The monoisotopic (exact) mass is 130 g/mol. The van der Waals surface area contributed by atoms with Gasteiger partial charge in [0.2, 0.25) is 0 Å². The van der Waals surface area contributed by atoms with E-state index in [0.717, 1.165) is 6.42 Å². The first-order valence-corrected chi connectivity index (χ1v) is 3.39. The van der Waals surface area contributed by atoms with Gasteiger partial charge >= 0.3 is 5.97 Å². The van der Waals surface area contributed by atoms with E-state index in [9.17, 15) is 4.79 Å². The quantitative estimate of drug-likeness (QED) is 0.542. The summed E-state index contributed by atoms with van der Waals surface area (Å²) in [6.07, 6.45) is 0.860. The molecule has 0 fully saturated rings. The Morgan fingerprint density at radius 3 is 2.44 bits per heavy atom. The van der Waals surface area contributed by atoms with Crippen molar-refractivity contribution in [3.8, 4) is 0 Å². The zero-order chi connectivity index (χ0) is 7.28. The fraction of sp³-hybridized carbons (Fsp3) is 0.857. The number of rotatable bonds is 3. The molecule has 0 rings (SSSR count). The molecule has 0 saturated carbocycles. The number of carbonyl (C=O) groups is 1. The summed E-state index contributed by atoms with van der Waals surface area (Å²) in [5.41, 5.74) is 0. The van der Waals surface area contributed by atoms with Gasteiger partial charge in [0.05, 0.1) is 12.5 Å². The number of ether oxygens (including phenoxy) is 1. The summed E-state index contributed by atoms with van der Waals surface area (Å²) in [4.78, 5) is 10.8. The van der Waals surface area contributed by atoms with Crippen LogP contribution in [0.25, 0.3) is 0 Å². The van der Waals surface area contributed by atoms with Crippen molar-refractivity contribution in [3.63, 3.8) is 0 Å². The Labute approximate surface area is 56.2 Å². The Morgan fingerprint density at radius 2 is 2.11 bits per heavy atom. The molecular formula is C7H14O2. The second-order valence-electron chi connectivity index (χ2n) is 2.06. The minimum atomic E-state index is -0.0833. The number of esters is 1. The van der Waals surface area contributed by atoms with E-state index in [1.165, 1.54) is 0 Å². The molecule has 0 aromatic rings. The molecule has 0 bridgehead atoms. The zero-order valence-electron chi connectivity index (χ0n) is 6.31. The van der Waals surface area contributed by atoms with Crippen LogP contribution in [0.5, 0.6) is 0 Å². The second kappa shape index (κ2) is 4.36. The molecule has 0 heterocycles. The Balaban J connectivity index is 3.46. The van der Waals surface area contributed by atoms with Crippen molar-refractivity contribution in [1.82, 2.24) is 0 Å². The maximum Gasteiger partial charge on any atom is 0.308 e. The molecule has 1 atom stereocenters. The molecule has 0 amide bonds. The maximum absolute atomic E-state index is 10.8. The summed E-state index contributed by atoms with van der Waals surface area (Å²) >= 11 is 0. The summed E-state index contributed by atoms with van der Waals surface area (Å²) < 4.78 is 4.76. The summed E-state index contributed by atoms with van der Waals surface area (Å²) in [5.74, 6) is -0.0232. The van der Waals surface area contributed by atoms with Crippen molar-refractivity contribution in [2.75, 3.05) is 6.61 Å². The lowest BCUT2D eigenvalue weighted by Gasteiger charge is -2.05. The van der Waals surface area contributed by atoms with E-state index in [2.05, 4.69) is 0 Å². The molecule has 9 heavy (non-hydrogen) atoms. The summed E-state index contributed by atoms with van der Waals surface area (Å²) in [5, 5.41) is 0. The van der Waals surface area contributed by atoms with E-state index in [1.807, 2.05) is 20.8 Å². The third-order valence-corrected chi connectivity index (χ3v) is 1.30. The van der Waals surface area contributed by atoms with Crippen LogP contribution in [0.2, 0.25) is 0 Å². The molecule has 0 saturated heterocycles. The highest BCUT2D eigenvalue weighted by Crippen LogP contribution is 2.01. The fourth-order valence-corrected chi connectivity index (χ4v) is 0.451. The Kier molecular flexibility index (Phi) is 4.10. The number of hydrogen-bond acceptors (Lipinski definition) is 2. The van der Waals surface area contributed by atoms with Gasteiger partial charge in [-0.25, -0.2) is 0 Å². The third kappa shape index (κ3) is 3.12. The van der Waals surface area contributed by atoms with Gasteiger partial charge in [-0.05, 0) is 13.3 Å². The van der Waals surface area contributed by atoms with E-state index in [4.69, 9.17) is 4.74 Å². The van der Waals surface area contributed by atoms with Crippen molar-refractivity contribution in [3.05, 3.63) is 0 Å². The highest BCUT2D eigenvalue weighted by atomic mass is 16.5. The molecule has 2 heteroatoms. The van der Waals surface area contributed by atoms with Crippen LogP contribution < -0.4 is 0 Å². The first-order chi connectivity index (χ1) is 4.22. The van der Waals surface area contributed by atoms with E-state index in [-0.39, 0.29) is 11.9 Å². The van der Waals surface area contributed by atoms with Gasteiger partial charge in [0.1, 0.15) is 0 Å². The number of carbonyl (C=O) groups excluding carboxylic acids is 1. The minimum absolute atomic E-state index is 0.0601. The average Bonchev–Trinajstić information content (AvgIpc) is 1.87. The van der Waals surface area contributed by atoms with Crippen LogP contribution >= 0.6 is 0 Å². The maximum atomic E-state index is 10.8. The van der Waals surface area contributed by atoms with Crippen LogP contribution in [0, 0.1) is 5.92 Å². The Hall–Kier alpha value is -0.530. The molecule has 0 aliphatic rings. The van der Waals surface area contributed by atoms with Crippen molar-refractivity contribution < 1.29 is 9.53 Å². The molecule has 0 unspecified atom stereocenters. The lowest BCUT2D eigenvalue weighted by Crippen LogP contribution is -2.13. The lowest BCUT2D eigenvalue weighted by atomic mass is 10.1. The Bertz CT molecular complexity index is 88.9. The van der Waals surface area contributed by atoms with Gasteiger partial charge in [-0.2, -0.15) is 0 Å². The molecule has 54 valence electrons. The van der Waals surface area contributed by atoms with E-state index < -0.39 is 0 Å². The minimum Gasteiger partial charge on any atom is -0.466 e. The normalized spacial score (nSPS) is 12.8. The van der Waals surface area contributed by atoms with Gasteiger partial charge in [0, 0.05) is 0 Å². The topological polar surface area (TPSA) is 26.3 Å². The van der Waals surface area contributed by atoms with Gasteiger partial charge in [0.15, 0.2) is 0 Å². The van der Waals surface area contributed by atoms with Crippen LogP contribution in [0.3, 0.4) is 0 Å². The lowest BCUT2D eigenvalue weighted by molar-refractivity contribution is -0.147. The smallest absolute Gasteiger partial charge is 0.308 e. The summed E-state index contributed by atoms with van der Waals surface area (Å²) in [6, 6.07) is 0. The van der Waals surface area contributed by atoms with Crippen LogP contribution in [-0.4, -0.2) is 12.6 Å². The van der Waals surface area contributed by atoms with Gasteiger partial charge in [0.25, 0.3) is 0 Å². The molecule has 0 spiro atoms. The summed E-state index contributed by atoms with van der Waals surface area (Å²) in [7, 11) is 0. The van der Waals surface area contributed by atoms with Gasteiger partial charge in [-0.1, -0.05) is 13.8 Å². The predicted molar refractivity (Wildman–Crippen MR) is 36.1 cm³/mol. The van der Waals surface area contributed by atoms with E-state index in [1.54, 1.807) is 0 Å². The van der Waals surface area contributed by atoms with E-state index >= 15 is 0 Å². The fourth-order valence-electron chi connectivity index (χ4n) is 0.451. The first-order valence-electron chi connectivity index (χ1n) is 3.39. The molecule has 0 radical (unpaired) electrons. The van der Waals surface area contributed by atoms with Crippen molar-refractivity contribution in [2.24, 2.45) is 5.92 Å². The van der Waals surface area contributed by atoms with Crippen molar-refractivity contribution in [1.29, 1.82) is 0 Å². The Morgan fingerprint density at radius 1 is 1.56 bits per heavy atom. The van der Waals surface area contributed by atoms with Crippen molar-refractivity contribution >= 4 is 5.97 Å². The number of hydrogen-bond donors (Lipinski definition) is 0. The highest BCUT2D eigenvalue weighted by molar-refractivity contribution is 5.71. The SMILES string of the molecule is CCOC(=O)[C@@H](C)CC. The van der Waals surface area contributed by atoms with Crippen molar-refractivity contribution in [2.45, 2.75) is 27.2 Å². The van der Waals surface area contributed by atoms with Crippen LogP contribution in [-0.2, 0) is 9.53 Å². The first kappa shape index (κ1) is 8.47. The van der Waals surface area contributed by atoms with E-state index in [0.29, 0.717) is 6.61 Å². The second-order valence-corrected chi connectivity index (χ2v) is 2.06. The predicted octanol–water partition coefficient (Wildman–Crippen LogP) is 1.60. The average molecular weight is 130 g/mol. The zero-order valence-corrected chi connectivity index (χ0v) is 6.31. The molecule has 0 aliphatic heterocycles.